The fourth-order valence-corrected chi connectivity index (χ4v) is 1.30. The van der Waals surface area contributed by atoms with Crippen LogP contribution in [0.15, 0.2) is 12.4 Å². The van der Waals surface area contributed by atoms with Gasteiger partial charge in [-0.15, -0.1) is 0 Å². The zero-order valence-corrected chi connectivity index (χ0v) is 11.4. The molecule has 0 aliphatic heterocycles. The van der Waals surface area contributed by atoms with Gasteiger partial charge in [0.25, 0.3) is 0 Å². The van der Waals surface area contributed by atoms with Gasteiger partial charge in [-0.3, -0.25) is 4.98 Å². The minimum absolute atomic E-state index is 0.0853. The van der Waals surface area contributed by atoms with Gasteiger partial charge in [-0.2, -0.15) is 0 Å². The zero-order valence-electron chi connectivity index (χ0n) is 11.4. The number of rotatable bonds is 8. The van der Waals surface area contributed by atoms with Crippen LogP contribution in [0.5, 0.6) is 0 Å². The summed E-state index contributed by atoms with van der Waals surface area (Å²) in [6.45, 7) is 2.68. The highest BCUT2D eigenvalue weighted by molar-refractivity contribution is 5.05. The summed E-state index contributed by atoms with van der Waals surface area (Å²) in [7, 11) is 0. The van der Waals surface area contributed by atoms with E-state index in [2.05, 4.69) is 9.97 Å². The molecule has 0 spiro atoms. The van der Waals surface area contributed by atoms with Gasteiger partial charge in [0.2, 0.25) is 0 Å². The van der Waals surface area contributed by atoms with E-state index in [0.717, 1.165) is 0 Å². The average molecular weight is 288 g/mol. The lowest BCUT2D eigenvalue weighted by atomic mass is 10.3. The summed E-state index contributed by atoms with van der Waals surface area (Å²) in [6, 6.07) is 0. The molecule has 1 heterocycles. The standard InChI is InChI=1S/C12H20N2O6/c1-7(5-15)19-11(17)9-3-13-4-10(14-9)12(18)20-8(2)6-16/h3-4,7-8,11-12,15-18H,5-6H2,1-2H3. The van der Waals surface area contributed by atoms with E-state index in [1.807, 2.05) is 0 Å². The Kier molecular flexibility index (Phi) is 6.93. The van der Waals surface area contributed by atoms with Crippen LogP contribution in [0.25, 0.3) is 0 Å². The Morgan fingerprint density at radius 2 is 1.35 bits per heavy atom. The third-order valence-corrected chi connectivity index (χ3v) is 2.41. The summed E-state index contributed by atoms with van der Waals surface area (Å²) >= 11 is 0. The van der Waals surface area contributed by atoms with Gasteiger partial charge in [0.05, 0.1) is 37.8 Å². The molecule has 20 heavy (non-hydrogen) atoms. The van der Waals surface area contributed by atoms with Gasteiger partial charge >= 0.3 is 0 Å². The number of hydrogen-bond donors (Lipinski definition) is 4. The van der Waals surface area contributed by atoms with E-state index < -0.39 is 24.8 Å². The number of ether oxygens (including phenoxy) is 2. The maximum atomic E-state index is 9.76. The molecule has 4 atom stereocenters. The van der Waals surface area contributed by atoms with Crippen molar-refractivity contribution in [2.24, 2.45) is 0 Å². The van der Waals surface area contributed by atoms with Crippen LogP contribution in [0.1, 0.15) is 37.8 Å². The molecular weight excluding hydrogens is 268 g/mol. The molecule has 0 radical (unpaired) electrons. The Hall–Kier alpha value is -1.16. The first kappa shape index (κ1) is 16.9. The third-order valence-electron chi connectivity index (χ3n) is 2.41. The van der Waals surface area contributed by atoms with Crippen LogP contribution in [-0.4, -0.2) is 55.8 Å². The summed E-state index contributed by atoms with van der Waals surface area (Å²) < 4.78 is 10.1. The molecule has 4 unspecified atom stereocenters. The number of aromatic nitrogens is 2. The molecule has 114 valence electrons. The summed E-state index contributed by atoms with van der Waals surface area (Å²) in [5.41, 5.74) is 0.171. The predicted octanol–water partition coefficient (Wildman–Crippen LogP) is -0.747. The van der Waals surface area contributed by atoms with Crippen LogP contribution in [0.4, 0.5) is 0 Å². The van der Waals surface area contributed by atoms with Crippen LogP contribution < -0.4 is 0 Å². The molecule has 0 bridgehead atoms. The molecule has 8 nitrogen and oxygen atoms in total. The van der Waals surface area contributed by atoms with E-state index in [1.165, 1.54) is 12.4 Å². The van der Waals surface area contributed by atoms with Crippen molar-refractivity contribution < 1.29 is 29.9 Å². The van der Waals surface area contributed by atoms with Crippen LogP contribution in [-0.2, 0) is 9.47 Å². The summed E-state index contributed by atoms with van der Waals surface area (Å²) in [6.07, 6.45) is -1.31. The van der Waals surface area contributed by atoms with Gasteiger partial charge in [-0.1, -0.05) is 0 Å². The Morgan fingerprint density at radius 1 is 0.950 bits per heavy atom. The minimum atomic E-state index is -1.37. The smallest absolute Gasteiger partial charge is 0.200 e. The van der Waals surface area contributed by atoms with Gasteiger partial charge in [-0.05, 0) is 13.8 Å². The van der Waals surface area contributed by atoms with Gasteiger partial charge < -0.3 is 29.9 Å². The molecule has 0 aromatic carbocycles. The second-order valence-corrected chi connectivity index (χ2v) is 4.33. The van der Waals surface area contributed by atoms with E-state index >= 15 is 0 Å². The Bertz CT molecular complexity index is 372. The van der Waals surface area contributed by atoms with Crippen molar-refractivity contribution in [3.63, 3.8) is 0 Å². The SMILES string of the molecule is CC(CO)OC(O)c1cncc(C(O)OC(C)CO)n1. The Morgan fingerprint density at radius 3 is 1.70 bits per heavy atom. The maximum absolute atomic E-state index is 9.76. The number of aliphatic hydroxyl groups is 4. The molecule has 4 N–H and O–H groups in total. The number of hydrogen-bond acceptors (Lipinski definition) is 8. The van der Waals surface area contributed by atoms with Gasteiger partial charge in [-0.25, -0.2) is 4.98 Å². The van der Waals surface area contributed by atoms with Crippen molar-refractivity contribution in [2.75, 3.05) is 13.2 Å². The van der Waals surface area contributed by atoms with Crippen LogP contribution >= 0.6 is 0 Å². The summed E-state index contributed by atoms with van der Waals surface area (Å²) in [5.74, 6) is 0. The average Bonchev–Trinajstić information content (AvgIpc) is 2.46. The Balaban J connectivity index is 2.74. The summed E-state index contributed by atoms with van der Waals surface area (Å²) in [4.78, 5) is 7.80. The minimum Gasteiger partial charge on any atom is -0.394 e. The van der Waals surface area contributed by atoms with E-state index in [-0.39, 0.29) is 24.6 Å². The van der Waals surface area contributed by atoms with Gasteiger partial charge in [0.15, 0.2) is 12.6 Å². The Labute approximate surface area is 116 Å². The molecule has 1 rings (SSSR count). The first-order valence-electron chi connectivity index (χ1n) is 6.18. The number of aliphatic hydroxyl groups excluding tert-OH is 4. The number of nitrogens with zero attached hydrogens (tertiary/aromatic N) is 2. The lowest BCUT2D eigenvalue weighted by Gasteiger charge is -2.18. The maximum Gasteiger partial charge on any atom is 0.200 e. The van der Waals surface area contributed by atoms with Crippen molar-refractivity contribution in [3.05, 3.63) is 23.8 Å². The predicted molar refractivity (Wildman–Crippen MR) is 67.2 cm³/mol. The highest BCUT2D eigenvalue weighted by Gasteiger charge is 2.18. The fourth-order valence-electron chi connectivity index (χ4n) is 1.30. The first-order valence-corrected chi connectivity index (χ1v) is 6.18. The largest absolute Gasteiger partial charge is 0.394 e. The van der Waals surface area contributed by atoms with Crippen molar-refractivity contribution >= 4 is 0 Å². The summed E-state index contributed by atoms with van der Waals surface area (Å²) in [5, 5.41) is 37.2. The molecule has 1 aromatic rings. The third kappa shape index (κ3) is 5.08. The molecule has 1 aromatic heterocycles. The van der Waals surface area contributed by atoms with Crippen molar-refractivity contribution in [1.29, 1.82) is 0 Å². The van der Waals surface area contributed by atoms with E-state index in [0.29, 0.717) is 0 Å². The molecule has 0 saturated carbocycles. The molecule has 0 amide bonds. The van der Waals surface area contributed by atoms with Crippen LogP contribution in [0.3, 0.4) is 0 Å². The van der Waals surface area contributed by atoms with E-state index in [1.54, 1.807) is 13.8 Å². The van der Waals surface area contributed by atoms with Gasteiger partial charge in [0.1, 0.15) is 11.4 Å². The molecule has 0 aliphatic carbocycles. The van der Waals surface area contributed by atoms with Crippen molar-refractivity contribution in [3.8, 4) is 0 Å². The van der Waals surface area contributed by atoms with Crippen molar-refractivity contribution in [2.45, 2.75) is 38.6 Å². The van der Waals surface area contributed by atoms with E-state index in [4.69, 9.17) is 19.7 Å². The molecule has 0 saturated heterocycles. The topological polar surface area (TPSA) is 125 Å². The lowest BCUT2D eigenvalue weighted by molar-refractivity contribution is -0.152. The first-order chi connectivity index (χ1) is 9.47. The molecular formula is C12H20N2O6. The van der Waals surface area contributed by atoms with Crippen molar-refractivity contribution in [1.82, 2.24) is 9.97 Å². The normalized spacial score (nSPS) is 17.5. The highest BCUT2D eigenvalue weighted by Crippen LogP contribution is 2.17. The van der Waals surface area contributed by atoms with E-state index in [9.17, 15) is 10.2 Å². The van der Waals surface area contributed by atoms with Crippen LogP contribution in [0, 0.1) is 0 Å². The highest BCUT2D eigenvalue weighted by atomic mass is 16.6. The van der Waals surface area contributed by atoms with Crippen LogP contribution in [0.2, 0.25) is 0 Å². The fraction of sp³-hybridized carbons (Fsp3) is 0.667. The molecule has 8 heteroatoms. The van der Waals surface area contributed by atoms with Gasteiger partial charge in [0, 0.05) is 0 Å². The quantitative estimate of drug-likeness (QED) is 0.461. The lowest BCUT2D eigenvalue weighted by Crippen LogP contribution is -2.20. The molecule has 0 fully saturated rings. The zero-order chi connectivity index (χ0) is 15.1. The second kappa shape index (κ2) is 8.20. The monoisotopic (exact) mass is 288 g/mol. The molecule has 0 aliphatic rings. The second-order valence-electron chi connectivity index (χ2n) is 4.33.